The van der Waals surface area contributed by atoms with E-state index in [1.165, 1.54) is 4.43 Å². The van der Waals surface area contributed by atoms with E-state index in [9.17, 15) is 0 Å². The van der Waals surface area contributed by atoms with Gasteiger partial charge in [-0.1, -0.05) is 29.5 Å². The van der Waals surface area contributed by atoms with Crippen molar-refractivity contribution in [3.63, 3.8) is 0 Å². The zero-order chi connectivity index (χ0) is 6.24. The molecule has 1 aliphatic rings. The first-order chi connectivity index (χ1) is 3.91. The van der Waals surface area contributed by atoms with Crippen molar-refractivity contribution in [1.82, 2.24) is 0 Å². The summed E-state index contributed by atoms with van der Waals surface area (Å²) < 4.78 is 1.22. The van der Waals surface area contributed by atoms with E-state index < -0.39 is 0 Å². The van der Waals surface area contributed by atoms with Crippen molar-refractivity contribution in [3.05, 3.63) is 24.3 Å². The van der Waals surface area contributed by atoms with Gasteiger partial charge < -0.3 is 0 Å². The normalized spacial score (nSPS) is 11.8. The average Bonchev–Trinajstić information content (AvgIpc) is 2.17. The summed E-state index contributed by atoms with van der Waals surface area (Å²) in [6.45, 7) is 2.11. The fourth-order valence-corrected chi connectivity index (χ4v) is 0.340. The molecule has 0 heterocycles. The van der Waals surface area contributed by atoms with E-state index in [4.69, 9.17) is 0 Å². The van der Waals surface area contributed by atoms with Crippen LogP contribution in [0.5, 0.6) is 0 Å². The summed E-state index contributed by atoms with van der Waals surface area (Å²) in [6, 6.07) is 0. The summed E-state index contributed by atoms with van der Waals surface area (Å²) in [7, 11) is 0. The standard InChI is InChI=1S/C5H5.C2H5I.Ti/c1-2-4-5-3-1;1-2-3;/h1-3H,4H2;2H2,1H3;/q-1;;. The van der Waals surface area contributed by atoms with Crippen molar-refractivity contribution in [1.29, 1.82) is 0 Å². The molecular formula is C7H10ITi-. The van der Waals surface area contributed by atoms with Gasteiger partial charge in [-0.15, -0.1) is 6.42 Å². The number of alkyl halides is 1. The molecular weight excluding hydrogens is 259 g/mol. The second-order valence-electron chi connectivity index (χ2n) is 1.27. The molecule has 0 N–H and O–H groups in total. The van der Waals surface area contributed by atoms with Gasteiger partial charge in [0.1, 0.15) is 0 Å². The van der Waals surface area contributed by atoms with Crippen LogP contribution < -0.4 is 0 Å². The minimum atomic E-state index is 0. The van der Waals surface area contributed by atoms with Crippen LogP contribution in [0.1, 0.15) is 13.3 Å². The Hall–Kier alpha value is 0.924. The molecule has 50 valence electrons. The van der Waals surface area contributed by atoms with Gasteiger partial charge in [0.2, 0.25) is 0 Å². The van der Waals surface area contributed by atoms with Crippen LogP contribution in [0.15, 0.2) is 18.2 Å². The summed E-state index contributed by atoms with van der Waals surface area (Å²) in [6.07, 6.45) is 10.0. The summed E-state index contributed by atoms with van der Waals surface area (Å²) in [5, 5.41) is 0. The first kappa shape index (κ1) is 12.6. The zero-order valence-electron chi connectivity index (χ0n) is 5.52. The third kappa shape index (κ3) is 12.2. The number of hydrogen-bond donors (Lipinski definition) is 0. The van der Waals surface area contributed by atoms with Crippen molar-refractivity contribution < 1.29 is 21.7 Å². The van der Waals surface area contributed by atoms with Gasteiger partial charge in [-0.25, -0.2) is 12.2 Å². The number of rotatable bonds is 0. The molecule has 0 amide bonds. The van der Waals surface area contributed by atoms with Crippen molar-refractivity contribution in [2.45, 2.75) is 13.3 Å². The number of allylic oxidation sites excluding steroid dienone is 4. The molecule has 0 spiro atoms. The van der Waals surface area contributed by atoms with Crippen LogP contribution in [0, 0.1) is 6.08 Å². The van der Waals surface area contributed by atoms with Crippen LogP contribution in [0.4, 0.5) is 0 Å². The zero-order valence-corrected chi connectivity index (χ0v) is 9.24. The van der Waals surface area contributed by atoms with Gasteiger partial charge in [0.25, 0.3) is 0 Å². The van der Waals surface area contributed by atoms with Crippen LogP contribution in [0.3, 0.4) is 0 Å². The van der Waals surface area contributed by atoms with E-state index >= 15 is 0 Å². The Balaban J connectivity index is 0. The molecule has 0 nitrogen and oxygen atoms in total. The summed E-state index contributed by atoms with van der Waals surface area (Å²) in [4.78, 5) is 0. The molecule has 0 fully saturated rings. The Morgan fingerprint density at radius 2 is 2.22 bits per heavy atom. The average molecular weight is 269 g/mol. The molecule has 0 saturated carbocycles. The van der Waals surface area contributed by atoms with E-state index in [0.717, 1.165) is 6.42 Å². The van der Waals surface area contributed by atoms with Crippen molar-refractivity contribution >= 4 is 22.6 Å². The van der Waals surface area contributed by atoms with Crippen molar-refractivity contribution in [2.24, 2.45) is 0 Å². The second-order valence-corrected chi connectivity index (χ2v) is 2.80. The predicted molar refractivity (Wildman–Crippen MR) is 46.1 cm³/mol. The Labute approximate surface area is 85.8 Å². The molecule has 0 saturated heterocycles. The van der Waals surface area contributed by atoms with E-state index in [2.05, 4.69) is 41.7 Å². The summed E-state index contributed by atoms with van der Waals surface area (Å²) in [5.41, 5.74) is 0. The minimum Gasteiger partial charge on any atom is -0.273 e. The van der Waals surface area contributed by atoms with Gasteiger partial charge in [0, 0.05) is 21.7 Å². The maximum absolute atomic E-state index is 2.99. The Kier molecular flexibility index (Phi) is 16.3. The van der Waals surface area contributed by atoms with Crippen LogP contribution in [-0.4, -0.2) is 4.43 Å². The van der Waals surface area contributed by atoms with Crippen LogP contribution in [0.25, 0.3) is 0 Å². The van der Waals surface area contributed by atoms with Gasteiger partial charge in [0.05, 0.1) is 0 Å². The molecule has 0 aromatic rings. The Morgan fingerprint density at radius 1 is 1.67 bits per heavy atom. The molecule has 0 bridgehead atoms. The molecule has 1 aliphatic carbocycles. The molecule has 0 unspecified atom stereocenters. The van der Waals surface area contributed by atoms with Crippen molar-refractivity contribution in [2.75, 3.05) is 4.43 Å². The van der Waals surface area contributed by atoms with Gasteiger partial charge in [-0.3, -0.25) is 6.08 Å². The molecule has 9 heavy (non-hydrogen) atoms. The summed E-state index contributed by atoms with van der Waals surface area (Å²) in [5.74, 6) is 0. The Morgan fingerprint density at radius 3 is 2.33 bits per heavy atom. The SMILES string of the molecule is CCI.[C-]1=CC=CC1.[Ti]. The quantitative estimate of drug-likeness (QED) is 0.274. The van der Waals surface area contributed by atoms with E-state index in [-0.39, 0.29) is 21.7 Å². The maximum Gasteiger partial charge on any atom is 0 e. The van der Waals surface area contributed by atoms with Gasteiger partial charge in [0.15, 0.2) is 0 Å². The first-order valence-corrected chi connectivity index (χ1v) is 4.22. The molecule has 0 aromatic carbocycles. The molecule has 0 radical (unpaired) electrons. The van der Waals surface area contributed by atoms with Crippen molar-refractivity contribution in [3.8, 4) is 0 Å². The minimum absolute atomic E-state index is 0. The molecule has 0 aliphatic heterocycles. The molecule has 2 heteroatoms. The van der Waals surface area contributed by atoms with Gasteiger partial charge >= 0.3 is 0 Å². The van der Waals surface area contributed by atoms with Gasteiger partial charge in [-0.2, -0.15) is 6.08 Å². The van der Waals surface area contributed by atoms with Gasteiger partial charge in [-0.05, 0) is 4.43 Å². The summed E-state index contributed by atoms with van der Waals surface area (Å²) >= 11 is 2.29. The first-order valence-electron chi connectivity index (χ1n) is 2.69. The monoisotopic (exact) mass is 269 g/mol. The van der Waals surface area contributed by atoms with E-state index in [0.29, 0.717) is 0 Å². The smallest absolute Gasteiger partial charge is 0 e. The van der Waals surface area contributed by atoms with Crippen LogP contribution in [0.2, 0.25) is 0 Å². The molecule has 0 atom stereocenters. The fourth-order valence-electron chi connectivity index (χ4n) is 0.340. The fraction of sp³-hybridized carbons (Fsp3) is 0.429. The topological polar surface area (TPSA) is 0 Å². The van der Waals surface area contributed by atoms with E-state index in [1.807, 2.05) is 12.2 Å². The van der Waals surface area contributed by atoms with E-state index in [1.54, 1.807) is 0 Å². The van der Waals surface area contributed by atoms with Crippen LogP contribution in [-0.2, 0) is 21.7 Å². The molecule has 0 aromatic heterocycles. The second kappa shape index (κ2) is 11.7. The third-order valence-corrected chi connectivity index (χ3v) is 0.586. The maximum atomic E-state index is 2.99. The predicted octanol–water partition coefficient (Wildman–Crippen LogP) is 2.74. The number of hydrogen-bond acceptors (Lipinski definition) is 0. The molecule has 1 rings (SSSR count). The van der Waals surface area contributed by atoms with Crippen LogP contribution >= 0.6 is 22.6 Å². The third-order valence-electron chi connectivity index (χ3n) is 0.586. The Bertz CT molecular complexity index is 76.9. The largest absolute Gasteiger partial charge is 0.273 e. The number of halogens is 1.